The van der Waals surface area contributed by atoms with E-state index in [2.05, 4.69) is 4.98 Å². The van der Waals surface area contributed by atoms with E-state index in [1.807, 2.05) is 0 Å². The topological polar surface area (TPSA) is 93.0 Å². The number of rotatable bonds is 1. The lowest BCUT2D eigenvalue weighted by molar-refractivity contribution is 0.598. The predicted molar refractivity (Wildman–Crippen MR) is 73.4 cm³/mol. The van der Waals surface area contributed by atoms with E-state index in [1.165, 1.54) is 6.07 Å². The average molecular weight is 274 g/mol. The van der Waals surface area contributed by atoms with Gasteiger partial charge in [-0.3, -0.25) is 4.79 Å². The smallest absolute Gasteiger partial charge is 0.256 e. The van der Waals surface area contributed by atoms with Gasteiger partial charge in [-0.25, -0.2) is 13.6 Å². The number of pyridine rings is 1. The number of fused-ring (bicyclic) bond motifs is 3. The first-order valence-electron chi connectivity index (χ1n) is 5.55. The van der Waals surface area contributed by atoms with Gasteiger partial charge in [0.1, 0.15) is 0 Å². The third-order valence-corrected chi connectivity index (χ3v) is 3.98. The van der Waals surface area contributed by atoms with Crippen molar-refractivity contribution in [1.29, 1.82) is 0 Å². The SMILES string of the molecule is NS(=O)(=O)c1cccc2[nH]c(=O)c3ccccc3c12. The maximum absolute atomic E-state index is 11.9. The van der Waals surface area contributed by atoms with Gasteiger partial charge in [0.25, 0.3) is 5.56 Å². The molecule has 0 spiro atoms. The highest BCUT2D eigenvalue weighted by molar-refractivity contribution is 7.89. The van der Waals surface area contributed by atoms with Crippen molar-refractivity contribution in [3.05, 3.63) is 52.8 Å². The molecule has 0 aliphatic heterocycles. The van der Waals surface area contributed by atoms with E-state index in [9.17, 15) is 13.2 Å². The molecule has 6 heteroatoms. The lowest BCUT2D eigenvalue weighted by Gasteiger charge is -2.07. The van der Waals surface area contributed by atoms with E-state index in [1.54, 1.807) is 36.4 Å². The molecular formula is C13H10N2O3S. The number of benzene rings is 2. The molecule has 1 aromatic heterocycles. The number of nitrogens with one attached hydrogen (secondary N) is 1. The van der Waals surface area contributed by atoms with E-state index < -0.39 is 10.0 Å². The largest absolute Gasteiger partial charge is 0.321 e. The number of H-pyrrole nitrogens is 1. The summed E-state index contributed by atoms with van der Waals surface area (Å²) in [6.07, 6.45) is 0. The zero-order valence-electron chi connectivity index (χ0n) is 9.75. The fourth-order valence-corrected chi connectivity index (χ4v) is 3.01. The average Bonchev–Trinajstić information content (AvgIpc) is 2.37. The van der Waals surface area contributed by atoms with Gasteiger partial charge in [-0.2, -0.15) is 0 Å². The Morgan fingerprint density at radius 1 is 0.947 bits per heavy atom. The molecule has 2 aromatic carbocycles. The van der Waals surface area contributed by atoms with Crippen molar-refractivity contribution in [2.75, 3.05) is 0 Å². The zero-order chi connectivity index (χ0) is 13.6. The summed E-state index contributed by atoms with van der Waals surface area (Å²) in [7, 11) is -3.86. The minimum absolute atomic E-state index is 0.0115. The third kappa shape index (κ3) is 1.81. The van der Waals surface area contributed by atoms with E-state index in [-0.39, 0.29) is 10.5 Å². The Bertz CT molecular complexity index is 958. The molecule has 0 atom stereocenters. The molecule has 3 rings (SSSR count). The summed E-state index contributed by atoms with van der Waals surface area (Å²) < 4.78 is 23.3. The Labute approximate surface area is 108 Å². The van der Waals surface area contributed by atoms with E-state index in [0.717, 1.165) is 0 Å². The lowest BCUT2D eigenvalue weighted by Crippen LogP contribution is -2.14. The minimum Gasteiger partial charge on any atom is -0.321 e. The molecule has 0 radical (unpaired) electrons. The van der Waals surface area contributed by atoms with Crippen LogP contribution in [0.4, 0.5) is 0 Å². The van der Waals surface area contributed by atoms with Gasteiger partial charge in [-0.1, -0.05) is 24.3 Å². The Hall–Kier alpha value is -2.18. The summed E-state index contributed by atoms with van der Waals surface area (Å²) in [6.45, 7) is 0. The standard InChI is InChI=1S/C13H10N2O3S/c14-19(17,18)11-7-3-6-10-12(11)8-4-1-2-5-9(8)13(16)15-10/h1-7H,(H,15,16)(H2,14,17,18). The predicted octanol–water partition coefficient (Wildman–Crippen LogP) is 1.33. The Morgan fingerprint density at radius 2 is 1.63 bits per heavy atom. The number of sulfonamides is 1. The second-order valence-electron chi connectivity index (χ2n) is 4.22. The fourth-order valence-electron chi connectivity index (χ4n) is 2.24. The minimum atomic E-state index is -3.86. The van der Waals surface area contributed by atoms with Crippen LogP contribution in [0.5, 0.6) is 0 Å². The highest BCUT2D eigenvalue weighted by atomic mass is 32.2. The van der Waals surface area contributed by atoms with Crippen molar-refractivity contribution < 1.29 is 8.42 Å². The van der Waals surface area contributed by atoms with Crippen LogP contribution in [-0.2, 0) is 10.0 Å². The second-order valence-corrected chi connectivity index (χ2v) is 5.75. The summed E-state index contributed by atoms with van der Waals surface area (Å²) >= 11 is 0. The van der Waals surface area contributed by atoms with Gasteiger partial charge < -0.3 is 4.98 Å². The van der Waals surface area contributed by atoms with Crippen LogP contribution in [0.25, 0.3) is 21.7 Å². The van der Waals surface area contributed by atoms with Gasteiger partial charge in [0.2, 0.25) is 10.0 Å². The molecule has 0 amide bonds. The van der Waals surface area contributed by atoms with E-state index >= 15 is 0 Å². The summed E-state index contributed by atoms with van der Waals surface area (Å²) in [5.41, 5.74) is 0.199. The normalized spacial score (nSPS) is 12.1. The molecule has 0 bridgehead atoms. The summed E-state index contributed by atoms with van der Waals surface area (Å²) in [4.78, 5) is 14.6. The van der Waals surface area contributed by atoms with Crippen LogP contribution in [0.15, 0.2) is 52.2 Å². The van der Waals surface area contributed by atoms with Crippen molar-refractivity contribution in [1.82, 2.24) is 4.98 Å². The Kier molecular flexibility index (Phi) is 2.44. The van der Waals surface area contributed by atoms with E-state index in [4.69, 9.17) is 5.14 Å². The lowest BCUT2D eigenvalue weighted by atomic mass is 10.1. The highest BCUT2D eigenvalue weighted by Gasteiger charge is 2.15. The number of hydrogen-bond donors (Lipinski definition) is 2. The quantitative estimate of drug-likeness (QED) is 0.655. The third-order valence-electron chi connectivity index (χ3n) is 3.02. The number of primary sulfonamides is 1. The van der Waals surface area contributed by atoms with Crippen molar-refractivity contribution in [3.63, 3.8) is 0 Å². The molecule has 3 N–H and O–H groups in total. The Morgan fingerprint density at radius 3 is 2.32 bits per heavy atom. The molecule has 0 unspecified atom stereocenters. The molecule has 5 nitrogen and oxygen atoms in total. The van der Waals surface area contributed by atoms with Crippen molar-refractivity contribution >= 4 is 31.7 Å². The number of hydrogen-bond acceptors (Lipinski definition) is 3. The zero-order valence-corrected chi connectivity index (χ0v) is 10.6. The van der Waals surface area contributed by atoms with Crippen molar-refractivity contribution in [2.45, 2.75) is 4.90 Å². The van der Waals surface area contributed by atoms with Gasteiger partial charge in [-0.05, 0) is 23.6 Å². The number of nitrogens with two attached hydrogens (primary N) is 1. The van der Waals surface area contributed by atoms with Gasteiger partial charge >= 0.3 is 0 Å². The molecule has 1 heterocycles. The van der Waals surface area contributed by atoms with Crippen LogP contribution in [0.2, 0.25) is 0 Å². The molecule has 0 saturated heterocycles. The van der Waals surface area contributed by atoms with Crippen LogP contribution in [-0.4, -0.2) is 13.4 Å². The molecule has 96 valence electrons. The molecule has 3 aromatic rings. The van der Waals surface area contributed by atoms with Crippen LogP contribution in [0.1, 0.15) is 0 Å². The molecule has 0 fully saturated rings. The van der Waals surface area contributed by atoms with Crippen LogP contribution in [0, 0.1) is 0 Å². The van der Waals surface area contributed by atoms with Gasteiger partial charge in [0.05, 0.1) is 10.4 Å². The van der Waals surface area contributed by atoms with Crippen LogP contribution >= 0.6 is 0 Å². The maximum atomic E-state index is 11.9. The maximum Gasteiger partial charge on any atom is 0.256 e. The summed E-state index contributed by atoms with van der Waals surface area (Å²) in [5, 5.41) is 6.69. The summed E-state index contributed by atoms with van der Waals surface area (Å²) in [6, 6.07) is 11.5. The highest BCUT2D eigenvalue weighted by Crippen LogP contribution is 2.26. The molecule has 19 heavy (non-hydrogen) atoms. The van der Waals surface area contributed by atoms with Gasteiger partial charge in [0, 0.05) is 10.8 Å². The van der Waals surface area contributed by atoms with Crippen molar-refractivity contribution in [2.24, 2.45) is 5.14 Å². The van der Waals surface area contributed by atoms with Crippen LogP contribution < -0.4 is 10.7 Å². The van der Waals surface area contributed by atoms with Crippen LogP contribution in [0.3, 0.4) is 0 Å². The Balaban J connectivity index is 2.70. The first-order valence-corrected chi connectivity index (χ1v) is 7.09. The second kappa shape index (κ2) is 3.91. The van der Waals surface area contributed by atoms with Crippen molar-refractivity contribution in [3.8, 4) is 0 Å². The molecule has 0 saturated carbocycles. The van der Waals surface area contributed by atoms with Gasteiger partial charge in [-0.15, -0.1) is 0 Å². The monoisotopic (exact) mass is 274 g/mol. The first-order chi connectivity index (χ1) is 8.98. The number of aromatic nitrogens is 1. The summed E-state index contributed by atoms with van der Waals surface area (Å²) in [5.74, 6) is 0. The number of aromatic amines is 1. The molecule has 0 aliphatic carbocycles. The van der Waals surface area contributed by atoms with Gasteiger partial charge in [0.15, 0.2) is 0 Å². The van der Waals surface area contributed by atoms with E-state index in [0.29, 0.717) is 21.7 Å². The molecule has 0 aliphatic rings. The fraction of sp³-hybridized carbons (Fsp3) is 0. The first kappa shape index (κ1) is 11.9. The molecular weight excluding hydrogens is 264 g/mol.